The van der Waals surface area contributed by atoms with Crippen molar-refractivity contribution >= 4 is 17.5 Å². The Bertz CT molecular complexity index is 1070. The number of carbonyl (C=O) groups is 2. The van der Waals surface area contributed by atoms with Gasteiger partial charge in [0.15, 0.2) is 6.39 Å². The summed E-state index contributed by atoms with van der Waals surface area (Å²) >= 11 is 0. The second kappa shape index (κ2) is 8.53. The van der Waals surface area contributed by atoms with Crippen LogP contribution in [0.25, 0.3) is 11.1 Å². The van der Waals surface area contributed by atoms with Crippen molar-refractivity contribution in [1.29, 1.82) is 0 Å². The van der Waals surface area contributed by atoms with Gasteiger partial charge in [-0.3, -0.25) is 9.59 Å². The Morgan fingerprint density at radius 1 is 1.10 bits per heavy atom. The number of nitrogens with zero attached hydrogens (tertiary/aromatic N) is 2. The number of hydrogen-bond acceptors (Lipinski definition) is 4. The van der Waals surface area contributed by atoms with Crippen LogP contribution in [0.4, 0.5) is 5.69 Å². The highest BCUT2D eigenvalue weighted by atomic mass is 16.3. The van der Waals surface area contributed by atoms with E-state index in [1.165, 1.54) is 12.0 Å². The molecule has 2 heterocycles. The Labute approximate surface area is 175 Å². The lowest BCUT2D eigenvalue weighted by Crippen LogP contribution is -2.43. The van der Waals surface area contributed by atoms with Crippen LogP contribution < -0.4 is 5.32 Å². The third-order valence-electron chi connectivity index (χ3n) is 5.50. The minimum absolute atomic E-state index is 0.0665. The Kier molecular flexibility index (Phi) is 5.65. The van der Waals surface area contributed by atoms with Gasteiger partial charge in [-0.05, 0) is 49.9 Å². The van der Waals surface area contributed by atoms with Crippen LogP contribution >= 0.6 is 0 Å². The van der Waals surface area contributed by atoms with Crippen LogP contribution in [0.3, 0.4) is 0 Å². The van der Waals surface area contributed by atoms with Gasteiger partial charge < -0.3 is 14.6 Å². The summed E-state index contributed by atoms with van der Waals surface area (Å²) in [5, 5.41) is 3.03. The second-order valence-corrected chi connectivity index (χ2v) is 7.80. The largest absolute Gasteiger partial charge is 0.438 e. The molecule has 1 aliphatic heterocycles. The van der Waals surface area contributed by atoms with Crippen molar-refractivity contribution in [3.05, 3.63) is 71.9 Å². The van der Waals surface area contributed by atoms with E-state index in [0.29, 0.717) is 18.8 Å². The first kappa shape index (κ1) is 19.9. The third-order valence-corrected chi connectivity index (χ3v) is 5.50. The molecule has 3 aromatic rings. The normalized spacial score (nSPS) is 16.3. The summed E-state index contributed by atoms with van der Waals surface area (Å²) < 4.78 is 5.23. The van der Waals surface area contributed by atoms with Crippen molar-refractivity contribution < 1.29 is 14.0 Å². The van der Waals surface area contributed by atoms with E-state index in [0.717, 1.165) is 29.7 Å². The molecule has 0 bridgehead atoms. The molecule has 0 unspecified atom stereocenters. The molecule has 6 heteroatoms. The van der Waals surface area contributed by atoms with Gasteiger partial charge in [-0.1, -0.05) is 42.0 Å². The van der Waals surface area contributed by atoms with Crippen molar-refractivity contribution in [2.45, 2.75) is 26.7 Å². The molecule has 0 spiro atoms. The molecule has 1 N–H and O–H groups in total. The monoisotopic (exact) mass is 403 g/mol. The van der Waals surface area contributed by atoms with Crippen LogP contribution in [-0.2, 0) is 4.79 Å². The van der Waals surface area contributed by atoms with Crippen LogP contribution in [0.5, 0.6) is 0 Å². The molecule has 1 aliphatic rings. The zero-order chi connectivity index (χ0) is 21.1. The van der Waals surface area contributed by atoms with Crippen LogP contribution in [0, 0.1) is 19.8 Å². The lowest BCUT2D eigenvalue weighted by atomic mass is 9.96. The van der Waals surface area contributed by atoms with Gasteiger partial charge >= 0.3 is 0 Å². The zero-order valence-corrected chi connectivity index (χ0v) is 17.2. The van der Waals surface area contributed by atoms with Crippen molar-refractivity contribution in [2.75, 3.05) is 18.4 Å². The van der Waals surface area contributed by atoms with E-state index in [2.05, 4.69) is 35.4 Å². The molecule has 0 radical (unpaired) electrons. The highest BCUT2D eigenvalue weighted by Gasteiger charge is 2.31. The van der Waals surface area contributed by atoms with Crippen LogP contribution in [0.2, 0.25) is 0 Å². The smallest absolute Gasteiger partial charge is 0.291 e. The number of likely N-dealkylation sites (tertiary alicyclic amines) is 1. The fourth-order valence-electron chi connectivity index (χ4n) is 3.87. The first-order valence-electron chi connectivity index (χ1n) is 10.2. The van der Waals surface area contributed by atoms with Crippen molar-refractivity contribution in [3.63, 3.8) is 0 Å². The number of aryl methyl sites for hydroxylation is 2. The fourth-order valence-corrected chi connectivity index (χ4v) is 3.87. The van der Waals surface area contributed by atoms with E-state index >= 15 is 0 Å². The fraction of sp³-hybridized carbons (Fsp3) is 0.292. The standard InChI is InChI=1S/C24H25N3O3/c1-16-6-3-7-18(12-16)19-8-4-10-21(13-19)26-23(28)20-9-5-11-27(14-20)24(29)22-17(2)25-15-30-22/h3-4,6-8,10,12-13,15,20H,5,9,11,14H2,1-2H3,(H,26,28)/t20-/m0/s1. The summed E-state index contributed by atoms with van der Waals surface area (Å²) in [4.78, 5) is 31.3. The van der Waals surface area contributed by atoms with E-state index < -0.39 is 0 Å². The SMILES string of the molecule is Cc1cccc(-c2cccc(NC(=O)[C@H]3CCCN(C(=O)c4ocnc4C)C3)c2)c1. The maximum absolute atomic E-state index is 12.9. The second-order valence-electron chi connectivity index (χ2n) is 7.80. The molecule has 4 rings (SSSR count). The molecule has 1 fully saturated rings. The summed E-state index contributed by atoms with van der Waals surface area (Å²) in [5.74, 6) is -0.275. The molecule has 1 saturated heterocycles. The van der Waals surface area contributed by atoms with E-state index in [9.17, 15) is 9.59 Å². The molecule has 154 valence electrons. The molecule has 6 nitrogen and oxygen atoms in total. The van der Waals surface area contributed by atoms with Gasteiger partial charge in [0, 0.05) is 18.8 Å². The van der Waals surface area contributed by atoms with E-state index in [4.69, 9.17) is 4.42 Å². The summed E-state index contributed by atoms with van der Waals surface area (Å²) in [6.07, 6.45) is 2.81. The lowest BCUT2D eigenvalue weighted by Gasteiger charge is -2.31. The van der Waals surface area contributed by atoms with Gasteiger partial charge in [0.1, 0.15) is 0 Å². The maximum atomic E-state index is 12.9. The molecule has 1 aromatic heterocycles. The molecule has 30 heavy (non-hydrogen) atoms. The highest BCUT2D eigenvalue weighted by molar-refractivity contribution is 5.95. The number of piperidine rings is 1. The number of carbonyl (C=O) groups excluding carboxylic acids is 2. The van der Waals surface area contributed by atoms with Crippen molar-refractivity contribution in [3.8, 4) is 11.1 Å². The van der Waals surface area contributed by atoms with Crippen LogP contribution in [-0.4, -0.2) is 34.8 Å². The van der Waals surface area contributed by atoms with Crippen molar-refractivity contribution in [2.24, 2.45) is 5.92 Å². The average molecular weight is 403 g/mol. The summed E-state index contributed by atoms with van der Waals surface area (Å²) in [6.45, 7) is 4.80. The van der Waals surface area contributed by atoms with Gasteiger partial charge in [0.25, 0.3) is 5.91 Å². The lowest BCUT2D eigenvalue weighted by molar-refractivity contribution is -0.121. The third kappa shape index (κ3) is 4.27. The molecular weight excluding hydrogens is 378 g/mol. The molecular formula is C24H25N3O3. The number of aromatic nitrogens is 1. The Balaban J connectivity index is 1.44. The van der Waals surface area contributed by atoms with Gasteiger partial charge in [0.05, 0.1) is 11.6 Å². The van der Waals surface area contributed by atoms with Gasteiger partial charge in [-0.2, -0.15) is 0 Å². The number of hydrogen-bond donors (Lipinski definition) is 1. The molecule has 2 amide bonds. The highest BCUT2D eigenvalue weighted by Crippen LogP contribution is 2.25. The number of anilines is 1. The number of nitrogens with one attached hydrogen (secondary N) is 1. The zero-order valence-electron chi connectivity index (χ0n) is 17.2. The van der Waals surface area contributed by atoms with E-state index in [-0.39, 0.29) is 23.5 Å². The number of amides is 2. The Hall–Kier alpha value is -3.41. The minimum Gasteiger partial charge on any atom is -0.438 e. The summed E-state index contributed by atoms with van der Waals surface area (Å²) in [5.41, 5.74) is 4.68. The number of rotatable bonds is 4. The number of oxazole rings is 1. The van der Waals surface area contributed by atoms with Crippen LogP contribution in [0.15, 0.2) is 59.3 Å². The summed E-state index contributed by atoms with van der Waals surface area (Å²) in [7, 11) is 0. The molecule has 0 saturated carbocycles. The first-order chi connectivity index (χ1) is 14.5. The maximum Gasteiger partial charge on any atom is 0.291 e. The van der Waals surface area contributed by atoms with E-state index in [1.54, 1.807) is 11.8 Å². The predicted molar refractivity (Wildman–Crippen MR) is 115 cm³/mol. The molecule has 2 aromatic carbocycles. The van der Waals surface area contributed by atoms with Gasteiger partial charge in [0.2, 0.25) is 11.7 Å². The minimum atomic E-state index is -0.256. The molecule has 1 atom stereocenters. The number of benzene rings is 2. The van der Waals surface area contributed by atoms with E-state index in [1.807, 2.05) is 30.3 Å². The van der Waals surface area contributed by atoms with Gasteiger partial charge in [-0.25, -0.2) is 4.98 Å². The summed E-state index contributed by atoms with van der Waals surface area (Å²) in [6, 6.07) is 16.1. The van der Waals surface area contributed by atoms with Crippen molar-refractivity contribution in [1.82, 2.24) is 9.88 Å². The Morgan fingerprint density at radius 3 is 2.60 bits per heavy atom. The quantitative estimate of drug-likeness (QED) is 0.698. The first-order valence-corrected chi connectivity index (χ1v) is 10.2. The van der Waals surface area contributed by atoms with Gasteiger partial charge in [-0.15, -0.1) is 0 Å². The van der Waals surface area contributed by atoms with Crippen LogP contribution in [0.1, 0.15) is 34.7 Å². The predicted octanol–water partition coefficient (Wildman–Crippen LogP) is 4.45. The molecule has 0 aliphatic carbocycles. The topological polar surface area (TPSA) is 75.4 Å². The Morgan fingerprint density at radius 2 is 1.87 bits per heavy atom. The average Bonchev–Trinajstić information content (AvgIpc) is 3.19.